The first-order valence-electron chi connectivity index (χ1n) is 5.98. The maximum Gasteiger partial charge on any atom is 0.245 e. The lowest BCUT2D eigenvalue weighted by Crippen LogP contribution is -2.40. The number of hydrogen-bond acceptors (Lipinski definition) is 4. The quantitative estimate of drug-likeness (QED) is 0.771. The first-order chi connectivity index (χ1) is 8.41. The minimum atomic E-state index is -3.53. The molecule has 1 aromatic rings. The summed E-state index contributed by atoms with van der Waals surface area (Å²) in [5.74, 6) is 0. The van der Waals surface area contributed by atoms with Crippen molar-refractivity contribution in [1.82, 2.24) is 14.5 Å². The van der Waals surface area contributed by atoms with E-state index in [1.165, 1.54) is 23.7 Å². The normalized spacial score (nSPS) is 13.2. The lowest BCUT2D eigenvalue weighted by molar-refractivity contribution is 0.0971. The number of aliphatic hydroxyl groups excluding tert-OH is 1. The van der Waals surface area contributed by atoms with Crippen LogP contribution in [0.15, 0.2) is 17.3 Å². The Labute approximate surface area is 108 Å². The van der Waals surface area contributed by atoms with Gasteiger partial charge in [0.05, 0.1) is 6.20 Å². The van der Waals surface area contributed by atoms with E-state index in [1.807, 2.05) is 13.8 Å². The summed E-state index contributed by atoms with van der Waals surface area (Å²) in [4.78, 5) is 0.143. The van der Waals surface area contributed by atoms with Gasteiger partial charge >= 0.3 is 0 Å². The van der Waals surface area contributed by atoms with Gasteiger partial charge in [-0.1, -0.05) is 13.8 Å². The molecule has 0 saturated carbocycles. The molecule has 0 amide bonds. The lowest BCUT2D eigenvalue weighted by atomic mass is 9.83. The second-order valence-corrected chi connectivity index (χ2v) is 6.61. The number of hydrogen-bond donors (Lipinski definition) is 2. The molecule has 7 heteroatoms. The Morgan fingerprint density at radius 2 is 2.06 bits per heavy atom. The van der Waals surface area contributed by atoms with Crippen LogP contribution in [0.25, 0.3) is 0 Å². The fourth-order valence-corrected chi connectivity index (χ4v) is 3.06. The van der Waals surface area contributed by atoms with Crippen molar-refractivity contribution in [3.05, 3.63) is 12.4 Å². The van der Waals surface area contributed by atoms with Crippen molar-refractivity contribution in [1.29, 1.82) is 0 Å². The maximum absolute atomic E-state index is 12.2. The van der Waals surface area contributed by atoms with Crippen LogP contribution in [-0.4, -0.2) is 48.2 Å². The Balaban J connectivity index is 2.92. The molecule has 0 aliphatic rings. The molecule has 104 valence electrons. The zero-order chi connectivity index (χ0) is 13.8. The van der Waals surface area contributed by atoms with Crippen LogP contribution in [0.5, 0.6) is 0 Å². The highest BCUT2D eigenvalue weighted by molar-refractivity contribution is 7.89. The van der Waals surface area contributed by atoms with Crippen LogP contribution in [-0.2, 0) is 10.0 Å². The highest BCUT2D eigenvalue weighted by atomic mass is 32.2. The van der Waals surface area contributed by atoms with Gasteiger partial charge in [-0.25, -0.2) is 12.7 Å². The summed E-state index contributed by atoms with van der Waals surface area (Å²) in [6, 6.07) is 0. The molecule has 0 aliphatic heterocycles. The number of aromatic nitrogens is 2. The highest BCUT2D eigenvalue weighted by Crippen LogP contribution is 2.28. The van der Waals surface area contributed by atoms with Gasteiger partial charge in [-0.3, -0.25) is 5.10 Å². The molecule has 0 unspecified atom stereocenters. The standard InChI is InChI=1S/C11H21N3O3S/c1-4-11(5-2,9-15)8-14(3)18(16,17)10-6-12-13-7-10/h6-7,15H,4-5,8-9H2,1-3H3,(H,12,13). The van der Waals surface area contributed by atoms with Crippen LogP contribution in [0.3, 0.4) is 0 Å². The second-order valence-electron chi connectivity index (χ2n) is 4.56. The summed E-state index contributed by atoms with van der Waals surface area (Å²) in [5, 5.41) is 15.6. The molecule has 0 spiro atoms. The minimum Gasteiger partial charge on any atom is -0.396 e. The van der Waals surface area contributed by atoms with Crippen LogP contribution in [0.1, 0.15) is 26.7 Å². The molecule has 6 nitrogen and oxygen atoms in total. The van der Waals surface area contributed by atoms with Crippen molar-refractivity contribution in [3.8, 4) is 0 Å². The van der Waals surface area contributed by atoms with Crippen molar-refractivity contribution in [2.75, 3.05) is 20.2 Å². The Kier molecular flexibility index (Phi) is 4.89. The predicted octanol–water partition coefficient (Wildman–Crippen LogP) is 0.829. The van der Waals surface area contributed by atoms with E-state index in [0.29, 0.717) is 6.54 Å². The zero-order valence-electron chi connectivity index (χ0n) is 11.0. The summed E-state index contributed by atoms with van der Waals surface area (Å²) in [6.45, 7) is 4.19. The van der Waals surface area contributed by atoms with E-state index >= 15 is 0 Å². The second kappa shape index (κ2) is 5.81. The van der Waals surface area contributed by atoms with E-state index in [4.69, 9.17) is 0 Å². The summed E-state index contributed by atoms with van der Waals surface area (Å²) in [5.41, 5.74) is -0.383. The van der Waals surface area contributed by atoms with Crippen molar-refractivity contribution in [2.45, 2.75) is 31.6 Å². The van der Waals surface area contributed by atoms with Gasteiger partial charge in [0.1, 0.15) is 4.90 Å². The van der Waals surface area contributed by atoms with Gasteiger partial charge in [-0.05, 0) is 12.8 Å². The van der Waals surface area contributed by atoms with Gasteiger partial charge < -0.3 is 5.11 Å². The third kappa shape index (κ3) is 2.90. The largest absolute Gasteiger partial charge is 0.396 e. The Morgan fingerprint density at radius 3 is 2.44 bits per heavy atom. The van der Waals surface area contributed by atoms with Gasteiger partial charge in [0, 0.05) is 31.8 Å². The van der Waals surface area contributed by atoms with Gasteiger partial charge in [-0.2, -0.15) is 5.10 Å². The van der Waals surface area contributed by atoms with Gasteiger partial charge in [0.2, 0.25) is 10.0 Å². The molecule has 0 fully saturated rings. The van der Waals surface area contributed by atoms with Crippen molar-refractivity contribution >= 4 is 10.0 Å². The topological polar surface area (TPSA) is 86.3 Å². The minimum absolute atomic E-state index is 0.0226. The molecule has 0 atom stereocenters. The molecule has 18 heavy (non-hydrogen) atoms. The van der Waals surface area contributed by atoms with E-state index in [2.05, 4.69) is 10.2 Å². The molecule has 0 aromatic carbocycles. The molecule has 0 radical (unpaired) electrons. The summed E-state index contributed by atoms with van der Waals surface area (Å²) >= 11 is 0. The average molecular weight is 275 g/mol. The summed E-state index contributed by atoms with van der Waals surface area (Å²) in [6.07, 6.45) is 4.09. The monoisotopic (exact) mass is 275 g/mol. The Bertz CT molecular complexity index is 444. The molecular formula is C11H21N3O3S. The predicted molar refractivity (Wildman–Crippen MR) is 68.5 cm³/mol. The fraction of sp³-hybridized carbons (Fsp3) is 0.727. The number of nitrogens with zero attached hydrogens (tertiary/aromatic N) is 2. The molecule has 0 bridgehead atoms. The molecule has 2 N–H and O–H groups in total. The van der Waals surface area contributed by atoms with E-state index < -0.39 is 10.0 Å². The van der Waals surface area contributed by atoms with Crippen molar-refractivity contribution < 1.29 is 13.5 Å². The number of H-pyrrole nitrogens is 1. The van der Waals surface area contributed by atoms with Crippen LogP contribution in [0.2, 0.25) is 0 Å². The fourth-order valence-electron chi connectivity index (χ4n) is 1.86. The van der Waals surface area contributed by atoms with Crippen molar-refractivity contribution in [3.63, 3.8) is 0 Å². The molecule has 0 saturated heterocycles. The number of aromatic amines is 1. The SMILES string of the molecule is CCC(CC)(CO)CN(C)S(=O)(=O)c1cn[nH]c1. The number of sulfonamides is 1. The third-order valence-corrected chi connectivity index (χ3v) is 5.34. The third-order valence-electron chi connectivity index (χ3n) is 3.57. The van der Waals surface area contributed by atoms with Gasteiger partial charge in [0.15, 0.2) is 0 Å². The Hall–Kier alpha value is -0.920. The smallest absolute Gasteiger partial charge is 0.245 e. The van der Waals surface area contributed by atoms with E-state index in [9.17, 15) is 13.5 Å². The number of rotatable bonds is 7. The summed E-state index contributed by atoms with van der Waals surface area (Å²) < 4.78 is 25.7. The van der Waals surface area contributed by atoms with Gasteiger partial charge in [-0.15, -0.1) is 0 Å². The molecular weight excluding hydrogens is 254 g/mol. The van der Waals surface area contributed by atoms with Gasteiger partial charge in [0.25, 0.3) is 0 Å². The van der Waals surface area contributed by atoms with E-state index in [-0.39, 0.29) is 16.9 Å². The van der Waals surface area contributed by atoms with E-state index in [0.717, 1.165) is 12.8 Å². The average Bonchev–Trinajstić information content (AvgIpc) is 2.90. The van der Waals surface area contributed by atoms with E-state index in [1.54, 1.807) is 0 Å². The highest BCUT2D eigenvalue weighted by Gasteiger charge is 2.32. The number of aliphatic hydroxyl groups is 1. The van der Waals surface area contributed by atoms with Crippen LogP contribution in [0, 0.1) is 5.41 Å². The number of nitrogens with one attached hydrogen (secondary N) is 1. The molecule has 1 heterocycles. The van der Waals surface area contributed by atoms with Crippen LogP contribution >= 0.6 is 0 Å². The first-order valence-corrected chi connectivity index (χ1v) is 7.42. The lowest BCUT2D eigenvalue weighted by Gasteiger charge is -2.33. The Morgan fingerprint density at radius 1 is 1.44 bits per heavy atom. The van der Waals surface area contributed by atoms with Crippen LogP contribution in [0.4, 0.5) is 0 Å². The maximum atomic E-state index is 12.2. The zero-order valence-corrected chi connectivity index (χ0v) is 11.9. The molecule has 1 rings (SSSR count). The summed E-state index contributed by atoms with van der Waals surface area (Å²) in [7, 11) is -2.00. The first kappa shape index (κ1) is 15.1. The van der Waals surface area contributed by atoms with Crippen LogP contribution < -0.4 is 0 Å². The molecule has 0 aliphatic carbocycles. The molecule has 1 aromatic heterocycles. The van der Waals surface area contributed by atoms with Crippen molar-refractivity contribution in [2.24, 2.45) is 5.41 Å².